The Morgan fingerprint density at radius 3 is 2.71 bits per heavy atom. The topological polar surface area (TPSA) is 73.6 Å². The molecule has 1 heterocycles. The van der Waals surface area contributed by atoms with Crippen molar-refractivity contribution < 1.29 is 14.3 Å². The van der Waals surface area contributed by atoms with E-state index in [1.165, 1.54) is 0 Å². The lowest BCUT2D eigenvalue weighted by Gasteiger charge is -2.31. The summed E-state index contributed by atoms with van der Waals surface area (Å²) in [5, 5.41) is 2.91. The van der Waals surface area contributed by atoms with Gasteiger partial charge in [-0.25, -0.2) is 0 Å². The number of para-hydroxylation sites is 1. The number of rotatable bonds is 5. The molecule has 0 unspecified atom stereocenters. The molecule has 1 aliphatic rings. The molecule has 1 aromatic rings. The van der Waals surface area contributed by atoms with E-state index in [-0.39, 0.29) is 18.3 Å². The van der Waals surface area contributed by atoms with Crippen molar-refractivity contribution in [1.29, 1.82) is 0 Å². The highest BCUT2D eigenvalue weighted by molar-refractivity contribution is 5.86. The predicted molar refractivity (Wildman–Crippen MR) is 83.7 cm³/mol. The quantitative estimate of drug-likeness (QED) is 0.866. The van der Waals surface area contributed by atoms with E-state index < -0.39 is 5.54 Å². The van der Waals surface area contributed by atoms with Gasteiger partial charge in [-0.1, -0.05) is 18.2 Å². The molecule has 3 N–H and O–H groups in total. The number of nitrogens with one attached hydrogen (secondary N) is 1. The maximum atomic E-state index is 12.2. The average molecular weight is 315 g/mol. The SMILES string of the molecule is CCOc1ccccc1CNC(=O)C1(N)CCOCC1.Cl. The maximum Gasteiger partial charge on any atom is 0.240 e. The van der Waals surface area contributed by atoms with Crippen molar-refractivity contribution in [1.82, 2.24) is 5.32 Å². The van der Waals surface area contributed by atoms with E-state index in [2.05, 4.69) is 5.32 Å². The lowest BCUT2D eigenvalue weighted by atomic mass is 9.90. The summed E-state index contributed by atoms with van der Waals surface area (Å²) in [5.74, 6) is 0.681. The number of ether oxygens (including phenoxy) is 2. The number of benzene rings is 1. The maximum absolute atomic E-state index is 12.2. The molecule has 0 bridgehead atoms. The number of halogens is 1. The Kier molecular flexibility index (Phi) is 6.95. The Morgan fingerprint density at radius 1 is 1.38 bits per heavy atom. The van der Waals surface area contributed by atoms with Crippen LogP contribution in [0.2, 0.25) is 0 Å². The van der Waals surface area contributed by atoms with E-state index in [9.17, 15) is 4.79 Å². The molecule has 0 atom stereocenters. The van der Waals surface area contributed by atoms with Gasteiger partial charge in [0.25, 0.3) is 0 Å². The van der Waals surface area contributed by atoms with Gasteiger partial charge in [0, 0.05) is 25.3 Å². The summed E-state index contributed by atoms with van der Waals surface area (Å²) < 4.78 is 10.8. The molecule has 118 valence electrons. The van der Waals surface area contributed by atoms with E-state index in [0.29, 0.717) is 39.2 Å². The van der Waals surface area contributed by atoms with Gasteiger partial charge in [0.15, 0.2) is 0 Å². The number of amides is 1. The zero-order valence-electron chi connectivity index (χ0n) is 12.3. The van der Waals surface area contributed by atoms with Crippen molar-refractivity contribution in [2.45, 2.75) is 31.8 Å². The minimum Gasteiger partial charge on any atom is -0.494 e. The molecule has 1 aliphatic heterocycles. The molecule has 21 heavy (non-hydrogen) atoms. The largest absolute Gasteiger partial charge is 0.494 e. The summed E-state index contributed by atoms with van der Waals surface area (Å²) in [5.41, 5.74) is 6.29. The molecular formula is C15H23ClN2O3. The zero-order chi connectivity index (χ0) is 14.4. The first-order valence-corrected chi connectivity index (χ1v) is 7.01. The Hall–Kier alpha value is -1.30. The van der Waals surface area contributed by atoms with E-state index in [0.717, 1.165) is 11.3 Å². The van der Waals surface area contributed by atoms with Crippen molar-refractivity contribution in [3.05, 3.63) is 29.8 Å². The molecule has 5 nitrogen and oxygen atoms in total. The van der Waals surface area contributed by atoms with Gasteiger partial charge in [-0.3, -0.25) is 4.79 Å². The Labute approximate surface area is 131 Å². The Morgan fingerprint density at radius 2 is 2.05 bits per heavy atom. The highest BCUT2D eigenvalue weighted by atomic mass is 35.5. The third-order valence-corrected chi connectivity index (χ3v) is 3.55. The average Bonchev–Trinajstić information content (AvgIpc) is 2.47. The van der Waals surface area contributed by atoms with Crippen LogP contribution in [0.3, 0.4) is 0 Å². The van der Waals surface area contributed by atoms with Crippen LogP contribution in [-0.4, -0.2) is 31.3 Å². The van der Waals surface area contributed by atoms with Crippen LogP contribution in [-0.2, 0) is 16.1 Å². The monoisotopic (exact) mass is 314 g/mol. The highest BCUT2D eigenvalue weighted by Crippen LogP contribution is 2.20. The van der Waals surface area contributed by atoms with Crippen LogP contribution in [0.25, 0.3) is 0 Å². The lowest BCUT2D eigenvalue weighted by Crippen LogP contribution is -2.56. The zero-order valence-corrected chi connectivity index (χ0v) is 13.1. The summed E-state index contributed by atoms with van der Waals surface area (Å²) in [4.78, 5) is 12.2. The second-order valence-electron chi connectivity index (χ2n) is 4.99. The number of hydrogen-bond acceptors (Lipinski definition) is 4. The standard InChI is InChI=1S/C15H22N2O3.ClH/c1-2-20-13-6-4-3-5-12(13)11-17-14(18)15(16)7-9-19-10-8-15;/h3-6H,2,7-11,16H2,1H3,(H,17,18);1H. The van der Waals surface area contributed by atoms with Crippen molar-refractivity contribution in [2.75, 3.05) is 19.8 Å². The van der Waals surface area contributed by atoms with Crippen LogP contribution in [0.1, 0.15) is 25.3 Å². The number of nitrogens with two attached hydrogens (primary N) is 1. The van der Waals surface area contributed by atoms with Gasteiger partial charge in [-0.2, -0.15) is 0 Å². The molecule has 1 fully saturated rings. The minimum atomic E-state index is -0.807. The van der Waals surface area contributed by atoms with Crippen LogP contribution < -0.4 is 15.8 Å². The molecule has 0 aliphatic carbocycles. The fourth-order valence-corrected chi connectivity index (χ4v) is 2.26. The second-order valence-corrected chi connectivity index (χ2v) is 4.99. The van der Waals surface area contributed by atoms with Gasteiger partial charge >= 0.3 is 0 Å². The molecule has 1 amide bonds. The van der Waals surface area contributed by atoms with Gasteiger partial charge in [-0.05, 0) is 25.8 Å². The second kappa shape index (κ2) is 8.22. The molecule has 1 saturated heterocycles. The summed E-state index contributed by atoms with van der Waals surface area (Å²) >= 11 is 0. The fourth-order valence-electron chi connectivity index (χ4n) is 2.26. The Balaban J connectivity index is 0.00000220. The van der Waals surface area contributed by atoms with Crippen LogP contribution in [0.4, 0.5) is 0 Å². The highest BCUT2D eigenvalue weighted by Gasteiger charge is 2.35. The van der Waals surface area contributed by atoms with Crippen LogP contribution in [0, 0.1) is 0 Å². The molecule has 0 saturated carbocycles. The van der Waals surface area contributed by atoms with Crippen molar-refractivity contribution in [3.63, 3.8) is 0 Å². The number of carbonyl (C=O) groups is 1. The number of carbonyl (C=O) groups excluding carboxylic acids is 1. The lowest BCUT2D eigenvalue weighted by molar-refractivity contribution is -0.129. The summed E-state index contributed by atoms with van der Waals surface area (Å²) in [6, 6.07) is 7.69. The van der Waals surface area contributed by atoms with E-state index in [4.69, 9.17) is 15.2 Å². The molecule has 6 heteroatoms. The Bertz CT molecular complexity index is 462. The van der Waals surface area contributed by atoms with Gasteiger partial charge in [-0.15, -0.1) is 12.4 Å². The van der Waals surface area contributed by atoms with E-state index in [1.54, 1.807) is 0 Å². The molecule has 0 radical (unpaired) electrons. The van der Waals surface area contributed by atoms with Gasteiger partial charge in [0.05, 0.1) is 12.1 Å². The molecular weight excluding hydrogens is 292 g/mol. The smallest absolute Gasteiger partial charge is 0.240 e. The third kappa shape index (κ3) is 4.59. The first-order chi connectivity index (χ1) is 9.65. The van der Waals surface area contributed by atoms with Crippen LogP contribution >= 0.6 is 12.4 Å². The minimum absolute atomic E-state index is 0. The van der Waals surface area contributed by atoms with E-state index in [1.807, 2.05) is 31.2 Å². The molecule has 1 aromatic carbocycles. The van der Waals surface area contributed by atoms with Crippen molar-refractivity contribution in [2.24, 2.45) is 5.73 Å². The van der Waals surface area contributed by atoms with Gasteiger partial charge < -0.3 is 20.5 Å². The first kappa shape index (κ1) is 17.8. The summed E-state index contributed by atoms with van der Waals surface area (Å²) in [6.45, 7) is 4.04. The van der Waals surface area contributed by atoms with E-state index >= 15 is 0 Å². The first-order valence-electron chi connectivity index (χ1n) is 7.01. The summed E-state index contributed by atoms with van der Waals surface area (Å²) in [7, 11) is 0. The predicted octanol–water partition coefficient (Wildman–Crippen LogP) is 1.63. The summed E-state index contributed by atoms with van der Waals surface area (Å²) in [6.07, 6.45) is 1.12. The molecule has 0 spiro atoms. The van der Waals surface area contributed by atoms with Crippen LogP contribution in [0.15, 0.2) is 24.3 Å². The van der Waals surface area contributed by atoms with Gasteiger partial charge in [0.1, 0.15) is 5.75 Å². The van der Waals surface area contributed by atoms with Crippen molar-refractivity contribution in [3.8, 4) is 5.75 Å². The number of hydrogen-bond donors (Lipinski definition) is 2. The molecule has 2 rings (SSSR count). The fraction of sp³-hybridized carbons (Fsp3) is 0.533. The van der Waals surface area contributed by atoms with Gasteiger partial charge in [0.2, 0.25) is 5.91 Å². The van der Waals surface area contributed by atoms with Crippen molar-refractivity contribution >= 4 is 18.3 Å². The normalized spacial score (nSPS) is 16.7. The third-order valence-electron chi connectivity index (χ3n) is 3.55. The molecule has 0 aromatic heterocycles. The van der Waals surface area contributed by atoms with Crippen LogP contribution in [0.5, 0.6) is 5.75 Å².